The van der Waals surface area contributed by atoms with Gasteiger partial charge in [0.05, 0.1) is 6.10 Å². The van der Waals surface area contributed by atoms with Gasteiger partial charge in [-0.1, -0.05) is 12.1 Å². The van der Waals surface area contributed by atoms with Crippen molar-refractivity contribution in [2.24, 2.45) is 0 Å². The van der Waals surface area contributed by atoms with Gasteiger partial charge in [0.2, 0.25) is 0 Å². The monoisotopic (exact) mass is 207 g/mol. The van der Waals surface area contributed by atoms with Crippen LogP contribution in [0.15, 0.2) is 24.3 Å². The van der Waals surface area contributed by atoms with Crippen LogP contribution in [0.4, 0.5) is 4.39 Å². The number of halogens is 1. The third-order valence-corrected chi connectivity index (χ3v) is 2.66. The van der Waals surface area contributed by atoms with Gasteiger partial charge in [0.1, 0.15) is 5.82 Å². The van der Waals surface area contributed by atoms with Crippen LogP contribution in [0.2, 0.25) is 0 Å². The van der Waals surface area contributed by atoms with Crippen LogP contribution in [-0.2, 0) is 0 Å². The van der Waals surface area contributed by atoms with Crippen LogP contribution in [-0.4, -0.2) is 24.3 Å². The number of aryl methyl sites for hydroxylation is 1. The number of rotatable bonds is 1. The van der Waals surface area contributed by atoms with Crippen molar-refractivity contribution >= 4 is 5.57 Å². The summed E-state index contributed by atoms with van der Waals surface area (Å²) in [6.45, 7) is 3.17. The highest BCUT2D eigenvalue weighted by Gasteiger charge is 2.17. The average Bonchev–Trinajstić information content (AvgIpc) is 2.20. The maximum Gasteiger partial charge on any atom is 0.123 e. The molecule has 1 unspecified atom stereocenters. The molecule has 1 aromatic rings. The second-order valence-electron chi connectivity index (χ2n) is 3.79. The predicted molar refractivity (Wildman–Crippen MR) is 58.0 cm³/mol. The lowest BCUT2D eigenvalue weighted by atomic mass is 9.94. The summed E-state index contributed by atoms with van der Waals surface area (Å²) in [4.78, 5) is 0. The molecular formula is C12H14FNO. The minimum Gasteiger partial charge on any atom is -0.387 e. The first-order valence-electron chi connectivity index (χ1n) is 5.04. The molecule has 80 valence electrons. The smallest absolute Gasteiger partial charge is 0.123 e. The SMILES string of the molecule is Cc1cc(F)ccc1C1=CCNCC1O. The average molecular weight is 207 g/mol. The third-order valence-electron chi connectivity index (χ3n) is 2.66. The van der Waals surface area contributed by atoms with Crippen molar-refractivity contribution in [1.82, 2.24) is 5.32 Å². The lowest BCUT2D eigenvalue weighted by Crippen LogP contribution is -2.32. The quantitative estimate of drug-likeness (QED) is 0.731. The molecule has 1 aromatic carbocycles. The van der Waals surface area contributed by atoms with Crippen LogP contribution >= 0.6 is 0 Å². The number of hydrogen-bond acceptors (Lipinski definition) is 2. The summed E-state index contributed by atoms with van der Waals surface area (Å²) < 4.78 is 12.9. The molecule has 15 heavy (non-hydrogen) atoms. The molecule has 0 saturated heterocycles. The molecule has 0 aromatic heterocycles. The Morgan fingerprint density at radius 1 is 1.47 bits per heavy atom. The Labute approximate surface area is 88.4 Å². The zero-order valence-electron chi connectivity index (χ0n) is 8.63. The van der Waals surface area contributed by atoms with Crippen LogP contribution in [0.25, 0.3) is 5.57 Å². The second-order valence-corrected chi connectivity index (χ2v) is 3.79. The number of aliphatic hydroxyl groups is 1. The summed E-state index contributed by atoms with van der Waals surface area (Å²) in [5.74, 6) is -0.236. The van der Waals surface area contributed by atoms with Gasteiger partial charge < -0.3 is 10.4 Å². The number of aliphatic hydroxyl groups excluding tert-OH is 1. The Bertz CT molecular complexity index is 401. The van der Waals surface area contributed by atoms with Crippen molar-refractivity contribution in [1.29, 1.82) is 0 Å². The van der Waals surface area contributed by atoms with Gasteiger partial charge >= 0.3 is 0 Å². The summed E-state index contributed by atoms with van der Waals surface area (Å²) in [6.07, 6.45) is 1.46. The zero-order valence-corrected chi connectivity index (χ0v) is 8.63. The topological polar surface area (TPSA) is 32.3 Å². The van der Waals surface area contributed by atoms with Gasteiger partial charge in [0, 0.05) is 13.1 Å². The predicted octanol–water partition coefficient (Wildman–Crippen LogP) is 1.48. The first kappa shape index (κ1) is 10.3. The molecule has 0 spiro atoms. The Balaban J connectivity index is 2.40. The molecule has 0 amide bonds. The lowest BCUT2D eigenvalue weighted by Gasteiger charge is -2.22. The van der Waals surface area contributed by atoms with Gasteiger partial charge in [-0.15, -0.1) is 0 Å². The molecule has 0 aliphatic carbocycles. The first-order valence-corrected chi connectivity index (χ1v) is 5.04. The van der Waals surface area contributed by atoms with E-state index in [4.69, 9.17) is 0 Å². The van der Waals surface area contributed by atoms with Gasteiger partial charge in [-0.3, -0.25) is 0 Å². The van der Waals surface area contributed by atoms with Crippen LogP contribution < -0.4 is 5.32 Å². The Kier molecular flexibility index (Phi) is 2.84. The van der Waals surface area contributed by atoms with E-state index in [9.17, 15) is 9.50 Å². The molecule has 2 rings (SSSR count). The number of β-amino-alcohol motifs (C(OH)–C–C–N with tert-alkyl or cyclic N) is 1. The largest absolute Gasteiger partial charge is 0.387 e. The van der Waals surface area contributed by atoms with Crippen LogP contribution in [0, 0.1) is 12.7 Å². The summed E-state index contributed by atoms with van der Waals surface area (Å²) in [5.41, 5.74) is 2.69. The van der Waals surface area contributed by atoms with Gasteiger partial charge in [-0.2, -0.15) is 0 Å². The van der Waals surface area contributed by atoms with Crippen molar-refractivity contribution in [3.8, 4) is 0 Å². The first-order chi connectivity index (χ1) is 7.18. The molecular weight excluding hydrogens is 193 g/mol. The minimum atomic E-state index is -0.497. The molecule has 0 bridgehead atoms. The number of benzene rings is 1. The van der Waals surface area contributed by atoms with Crippen LogP contribution in [0.1, 0.15) is 11.1 Å². The molecule has 1 heterocycles. The molecule has 1 aliphatic heterocycles. The van der Waals surface area contributed by atoms with E-state index in [1.165, 1.54) is 12.1 Å². The Hall–Kier alpha value is -1.19. The van der Waals surface area contributed by atoms with E-state index in [-0.39, 0.29) is 5.82 Å². The standard InChI is InChI=1S/C12H14FNO/c1-8-6-9(13)2-3-10(8)11-4-5-14-7-12(11)15/h2-4,6,12,14-15H,5,7H2,1H3. The van der Waals surface area contributed by atoms with Crippen LogP contribution in [0.3, 0.4) is 0 Å². The van der Waals surface area contributed by atoms with Crippen molar-refractivity contribution < 1.29 is 9.50 Å². The number of hydrogen-bond donors (Lipinski definition) is 2. The fourth-order valence-electron chi connectivity index (χ4n) is 1.89. The van der Waals surface area contributed by atoms with Gasteiger partial charge in [0.15, 0.2) is 0 Å². The van der Waals surface area contributed by atoms with Crippen molar-refractivity contribution in [2.45, 2.75) is 13.0 Å². The summed E-state index contributed by atoms with van der Waals surface area (Å²) in [7, 11) is 0. The highest BCUT2D eigenvalue weighted by molar-refractivity contribution is 5.72. The van der Waals surface area contributed by atoms with Crippen molar-refractivity contribution in [2.75, 3.05) is 13.1 Å². The maximum atomic E-state index is 12.9. The Morgan fingerprint density at radius 2 is 2.27 bits per heavy atom. The van der Waals surface area contributed by atoms with Crippen molar-refractivity contribution in [3.63, 3.8) is 0 Å². The molecule has 2 N–H and O–H groups in total. The zero-order chi connectivity index (χ0) is 10.8. The maximum absolute atomic E-state index is 12.9. The molecule has 1 aliphatic rings. The highest BCUT2D eigenvalue weighted by atomic mass is 19.1. The molecule has 0 saturated carbocycles. The lowest BCUT2D eigenvalue weighted by molar-refractivity contribution is 0.225. The van der Waals surface area contributed by atoms with E-state index in [0.717, 1.165) is 23.2 Å². The normalized spacial score (nSPS) is 21.3. The van der Waals surface area contributed by atoms with Crippen LogP contribution in [0.5, 0.6) is 0 Å². The fourth-order valence-corrected chi connectivity index (χ4v) is 1.89. The molecule has 3 heteroatoms. The Morgan fingerprint density at radius 3 is 2.93 bits per heavy atom. The molecule has 1 atom stereocenters. The third kappa shape index (κ3) is 2.08. The van der Waals surface area contributed by atoms with Gasteiger partial charge in [0.25, 0.3) is 0 Å². The fraction of sp³-hybridized carbons (Fsp3) is 0.333. The highest BCUT2D eigenvalue weighted by Crippen LogP contribution is 2.23. The van der Waals surface area contributed by atoms with E-state index in [0.29, 0.717) is 6.54 Å². The van der Waals surface area contributed by atoms with E-state index < -0.39 is 6.10 Å². The second kappa shape index (κ2) is 4.13. The van der Waals surface area contributed by atoms with Crippen molar-refractivity contribution in [3.05, 3.63) is 41.2 Å². The molecule has 0 radical (unpaired) electrons. The van der Waals surface area contributed by atoms with E-state index >= 15 is 0 Å². The minimum absolute atomic E-state index is 0.236. The van der Waals surface area contributed by atoms with E-state index in [1.54, 1.807) is 6.07 Å². The molecule has 2 nitrogen and oxygen atoms in total. The summed E-state index contributed by atoms with van der Waals surface area (Å²) >= 11 is 0. The molecule has 0 fully saturated rings. The van der Waals surface area contributed by atoms with E-state index in [2.05, 4.69) is 5.32 Å². The summed E-state index contributed by atoms with van der Waals surface area (Å²) in [5, 5.41) is 12.9. The van der Waals surface area contributed by atoms with Gasteiger partial charge in [-0.05, 0) is 35.8 Å². The van der Waals surface area contributed by atoms with E-state index in [1.807, 2.05) is 13.0 Å². The number of nitrogens with one attached hydrogen (secondary N) is 1. The van der Waals surface area contributed by atoms with Gasteiger partial charge in [-0.25, -0.2) is 4.39 Å². The summed E-state index contributed by atoms with van der Waals surface area (Å²) in [6, 6.07) is 4.65.